The van der Waals surface area contributed by atoms with Crippen molar-refractivity contribution in [3.05, 3.63) is 29.3 Å². The number of methoxy groups -OCH3 is 1. The molecular weight excluding hydrogens is 379 g/mol. The molecule has 0 aliphatic rings. The Morgan fingerprint density at radius 1 is 1.35 bits per heavy atom. The van der Waals surface area contributed by atoms with Crippen molar-refractivity contribution in [3.63, 3.8) is 0 Å². The highest BCUT2D eigenvalue weighted by atomic mass is 32.2. The molecule has 1 amide bonds. The number of carbonyl (C=O) groups excluding carboxylic acids is 1. The SMILES string of the molecule is COCCn1nnnc1NC(=O)c1ccc(C(F)(F)F)cc1S(C)(=O)=O. The smallest absolute Gasteiger partial charge is 0.383 e. The van der Waals surface area contributed by atoms with Crippen LogP contribution in [0.2, 0.25) is 0 Å². The number of amides is 1. The average Bonchev–Trinajstić information content (AvgIpc) is 2.97. The van der Waals surface area contributed by atoms with Crippen LogP contribution in [0, 0.1) is 0 Å². The molecule has 2 rings (SSSR count). The summed E-state index contributed by atoms with van der Waals surface area (Å²) >= 11 is 0. The van der Waals surface area contributed by atoms with Gasteiger partial charge in [-0.2, -0.15) is 13.2 Å². The maximum absolute atomic E-state index is 12.8. The van der Waals surface area contributed by atoms with Gasteiger partial charge in [-0.1, -0.05) is 5.10 Å². The van der Waals surface area contributed by atoms with E-state index in [1.54, 1.807) is 0 Å². The number of hydrogen-bond donors (Lipinski definition) is 1. The van der Waals surface area contributed by atoms with Crippen molar-refractivity contribution in [2.24, 2.45) is 0 Å². The van der Waals surface area contributed by atoms with Crippen LogP contribution in [-0.4, -0.2) is 54.5 Å². The van der Waals surface area contributed by atoms with E-state index >= 15 is 0 Å². The van der Waals surface area contributed by atoms with Crippen LogP contribution in [0.5, 0.6) is 0 Å². The summed E-state index contributed by atoms with van der Waals surface area (Å²) in [5.74, 6) is -1.07. The molecule has 0 fully saturated rings. The lowest BCUT2D eigenvalue weighted by Gasteiger charge is -2.12. The number of sulfone groups is 1. The fourth-order valence-corrected chi connectivity index (χ4v) is 2.89. The van der Waals surface area contributed by atoms with Crippen molar-refractivity contribution >= 4 is 21.7 Å². The molecule has 0 unspecified atom stereocenters. The van der Waals surface area contributed by atoms with Crippen molar-refractivity contribution in [3.8, 4) is 0 Å². The van der Waals surface area contributed by atoms with E-state index in [1.807, 2.05) is 0 Å². The number of halogens is 3. The molecular formula is C13H14F3N5O4S. The van der Waals surface area contributed by atoms with E-state index in [2.05, 4.69) is 20.8 Å². The molecule has 0 radical (unpaired) electrons. The number of rotatable bonds is 6. The molecule has 0 spiro atoms. The minimum atomic E-state index is -4.75. The van der Waals surface area contributed by atoms with Crippen LogP contribution in [0.25, 0.3) is 0 Å². The van der Waals surface area contributed by atoms with Crippen LogP contribution < -0.4 is 5.32 Å². The van der Waals surface area contributed by atoms with Gasteiger partial charge in [0.25, 0.3) is 5.91 Å². The minimum Gasteiger partial charge on any atom is -0.383 e. The topological polar surface area (TPSA) is 116 Å². The summed E-state index contributed by atoms with van der Waals surface area (Å²) in [5.41, 5.74) is -1.64. The van der Waals surface area contributed by atoms with Gasteiger partial charge in [0.15, 0.2) is 9.84 Å². The van der Waals surface area contributed by atoms with E-state index < -0.39 is 37.9 Å². The Morgan fingerprint density at radius 3 is 2.62 bits per heavy atom. The molecule has 0 aliphatic heterocycles. The summed E-state index contributed by atoms with van der Waals surface area (Å²) in [6.45, 7) is 0.438. The molecule has 142 valence electrons. The van der Waals surface area contributed by atoms with Crippen molar-refractivity contribution in [1.29, 1.82) is 0 Å². The molecule has 0 atom stereocenters. The van der Waals surface area contributed by atoms with Crippen LogP contribution in [0.4, 0.5) is 19.1 Å². The van der Waals surface area contributed by atoms with E-state index in [4.69, 9.17) is 4.74 Å². The fraction of sp³-hybridized carbons (Fsp3) is 0.385. The van der Waals surface area contributed by atoms with E-state index in [0.717, 1.165) is 6.07 Å². The highest BCUT2D eigenvalue weighted by molar-refractivity contribution is 7.90. The molecule has 1 aromatic carbocycles. The van der Waals surface area contributed by atoms with Gasteiger partial charge >= 0.3 is 6.18 Å². The molecule has 9 nitrogen and oxygen atoms in total. The third-order valence-corrected chi connectivity index (χ3v) is 4.35. The zero-order valence-corrected chi connectivity index (χ0v) is 14.4. The van der Waals surface area contributed by atoms with Crippen LogP contribution in [0.15, 0.2) is 23.1 Å². The lowest BCUT2D eigenvalue weighted by molar-refractivity contribution is -0.137. The molecule has 0 aliphatic carbocycles. The number of nitrogens with zero attached hydrogens (tertiary/aromatic N) is 4. The van der Waals surface area contributed by atoms with Gasteiger partial charge in [-0.05, 0) is 28.6 Å². The summed E-state index contributed by atoms with van der Waals surface area (Å²) in [7, 11) is -2.66. The Bertz CT molecular complexity index is 911. The van der Waals surface area contributed by atoms with Crippen molar-refractivity contribution in [2.45, 2.75) is 17.6 Å². The number of hydrogen-bond acceptors (Lipinski definition) is 7. The molecule has 1 aromatic heterocycles. The minimum absolute atomic E-state index is 0.105. The Balaban J connectivity index is 2.39. The maximum atomic E-state index is 12.8. The predicted octanol–water partition coefficient (Wildman–Crippen LogP) is 0.994. The zero-order chi connectivity index (χ0) is 19.5. The first-order valence-electron chi connectivity index (χ1n) is 7.02. The second-order valence-corrected chi connectivity index (χ2v) is 7.14. The molecule has 13 heteroatoms. The maximum Gasteiger partial charge on any atom is 0.416 e. The first-order chi connectivity index (χ1) is 12.0. The Labute approximate surface area is 146 Å². The van der Waals surface area contributed by atoms with Gasteiger partial charge in [-0.15, -0.1) is 0 Å². The number of carbonyl (C=O) groups is 1. The summed E-state index contributed by atoms with van der Waals surface area (Å²) in [6.07, 6.45) is -4.04. The number of alkyl halides is 3. The molecule has 0 saturated heterocycles. The fourth-order valence-electron chi connectivity index (χ4n) is 1.98. The van der Waals surface area contributed by atoms with Crippen LogP contribution in [0.1, 0.15) is 15.9 Å². The third-order valence-electron chi connectivity index (χ3n) is 3.22. The number of anilines is 1. The van der Waals surface area contributed by atoms with Crippen molar-refractivity contribution in [2.75, 3.05) is 25.3 Å². The summed E-state index contributed by atoms with van der Waals surface area (Å²) in [4.78, 5) is 11.6. The Morgan fingerprint density at radius 2 is 2.04 bits per heavy atom. The van der Waals surface area contributed by atoms with Crippen LogP contribution in [0.3, 0.4) is 0 Å². The molecule has 1 N–H and O–H groups in total. The second-order valence-electron chi connectivity index (χ2n) is 5.15. The van der Waals surface area contributed by atoms with Crippen molar-refractivity contribution in [1.82, 2.24) is 20.2 Å². The van der Waals surface area contributed by atoms with E-state index in [0.29, 0.717) is 18.4 Å². The Kier molecular flexibility index (Phi) is 5.61. The standard InChI is InChI=1S/C13H14F3N5O4S/c1-25-6-5-21-12(18-19-20-21)17-11(22)9-4-3-8(13(14,15)16)7-10(9)26(2,23)24/h3-4,7H,5-6H2,1-2H3,(H,17,18,20,22). The van der Waals surface area contributed by atoms with Gasteiger partial charge in [0.2, 0.25) is 5.95 Å². The van der Waals surface area contributed by atoms with Gasteiger partial charge in [-0.25, -0.2) is 13.1 Å². The van der Waals surface area contributed by atoms with Crippen molar-refractivity contribution < 1.29 is 31.1 Å². The predicted molar refractivity (Wildman–Crippen MR) is 82.2 cm³/mol. The Hall–Kier alpha value is -2.54. The van der Waals surface area contributed by atoms with Gasteiger partial charge in [0.05, 0.1) is 29.2 Å². The van der Waals surface area contributed by atoms with Gasteiger partial charge in [-0.3, -0.25) is 10.1 Å². The molecule has 2 aromatic rings. The van der Waals surface area contributed by atoms with E-state index in [1.165, 1.54) is 11.8 Å². The van der Waals surface area contributed by atoms with Crippen LogP contribution in [-0.2, 0) is 27.3 Å². The summed E-state index contributed by atoms with van der Waals surface area (Å²) in [6, 6.07) is 1.83. The zero-order valence-electron chi connectivity index (χ0n) is 13.6. The normalized spacial score (nSPS) is 12.2. The number of aromatic nitrogens is 4. The largest absolute Gasteiger partial charge is 0.416 e. The summed E-state index contributed by atoms with van der Waals surface area (Å²) in [5, 5.41) is 12.8. The lowest BCUT2D eigenvalue weighted by atomic mass is 10.1. The average molecular weight is 393 g/mol. The highest BCUT2D eigenvalue weighted by Crippen LogP contribution is 2.32. The number of ether oxygens (including phenoxy) is 1. The van der Waals surface area contributed by atoms with E-state index in [-0.39, 0.29) is 19.1 Å². The van der Waals surface area contributed by atoms with Gasteiger partial charge < -0.3 is 4.74 Å². The monoisotopic (exact) mass is 393 g/mol. The number of benzene rings is 1. The highest BCUT2D eigenvalue weighted by Gasteiger charge is 2.33. The number of nitrogens with one attached hydrogen (secondary N) is 1. The van der Waals surface area contributed by atoms with Gasteiger partial charge in [0, 0.05) is 13.4 Å². The first kappa shape index (κ1) is 19.8. The second kappa shape index (κ2) is 7.37. The molecule has 1 heterocycles. The quantitative estimate of drug-likeness (QED) is 0.778. The van der Waals surface area contributed by atoms with Gasteiger partial charge in [0.1, 0.15) is 0 Å². The van der Waals surface area contributed by atoms with E-state index in [9.17, 15) is 26.4 Å². The molecule has 26 heavy (non-hydrogen) atoms. The molecule has 0 saturated carbocycles. The summed E-state index contributed by atoms with van der Waals surface area (Å²) < 4.78 is 68.2. The molecule has 0 bridgehead atoms. The third kappa shape index (κ3) is 4.54. The van der Waals surface area contributed by atoms with Crippen LogP contribution >= 0.6 is 0 Å². The first-order valence-corrected chi connectivity index (χ1v) is 8.91. The number of tetrazole rings is 1. The lowest BCUT2D eigenvalue weighted by Crippen LogP contribution is -2.20.